The molecule has 3 rings (SSSR count). The van der Waals surface area contributed by atoms with E-state index in [0.29, 0.717) is 4.90 Å². The van der Waals surface area contributed by atoms with E-state index in [1.807, 2.05) is 30.3 Å². The summed E-state index contributed by atoms with van der Waals surface area (Å²) in [5.74, 6) is 0.275. The predicted octanol–water partition coefficient (Wildman–Crippen LogP) is 2.37. The van der Waals surface area contributed by atoms with Crippen LogP contribution in [0.5, 0.6) is 0 Å². The third-order valence-corrected chi connectivity index (χ3v) is 5.15. The lowest BCUT2D eigenvalue weighted by Gasteiger charge is -2.18. The molecule has 1 atom stereocenters. The Labute approximate surface area is 125 Å². The number of benzene rings is 2. The summed E-state index contributed by atoms with van der Waals surface area (Å²) in [4.78, 5) is 0.412. The van der Waals surface area contributed by atoms with E-state index >= 15 is 0 Å². The van der Waals surface area contributed by atoms with Gasteiger partial charge in [-0.3, -0.25) is 0 Å². The van der Waals surface area contributed by atoms with Gasteiger partial charge in [0.25, 0.3) is 0 Å². The number of hydrogen-bond donors (Lipinski definition) is 1. The van der Waals surface area contributed by atoms with Crippen LogP contribution < -0.4 is 5.32 Å². The molecular formula is C17H19NO2S. The fourth-order valence-corrected chi connectivity index (χ4v) is 3.60. The first-order valence-electron chi connectivity index (χ1n) is 7.14. The molecule has 1 aliphatic heterocycles. The smallest absolute Gasteiger partial charge is 0.175 e. The second kappa shape index (κ2) is 5.62. The third-order valence-electron chi connectivity index (χ3n) is 4.04. The summed E-state index contributed by atoms with van der Waals surface area (Å²) in [6.07, 6.45) is 2.13. The summed E-state index contributed by atoms with van der Waals surface area (Å²) >= 11 is 0. The molecule has 1 heterocycles. The number of sulfone groups is 1. The summed E-state index contributed by atoms with van der Waals surface area (Å²) in [7, 11) is -3.15. The highest BCUT2D eigenvalue weighted by molar-refractivity contribution is 7.90. The van der Waals surface area contributed by atoms with E-state index in [9.17, 15) is 8.42 Å². The summed E-state index contributed by atoms with van der Waals surface area (Å²) in [5.41, 5.74) is 3.63. The quantitative estimate of drug-likeness (QED) is 0.926. The van der Waals surface area contributed by atoms with Gasteiger partial charge in [-0.1, -0.05) is 36.4 Å². The first-order chi connectivity index (χ1) is 10.1. The third kappa shape index (κ3) is 3.01. The number of rotatable bonds is 2. The van der Waals surface area contributed by atoms with Gasteiger partial charge in [-0.25, -0.2) is 8.42 Å². The van der Waals surface area contributed by atoms with Crippen molar-refractivity contribution in [3.8, 4) is 0 Å². The molecule has 2 aromatic rings. The minimum Gasteiger partial charge on any atom is -0.315 e. The van der Waals surface area contributed by atoms with E-state index in [0.717, 1.165) is 25.1 Å². The molecule has 0 spiro atoms. The van der Waals surface area contributed by atoms with Gasteiger partial charge in [-0.2, -0.15) is 0 Å². The molecule has 0 aromatic heterocycles. The highest BCUT2D eigenvalue weighted by atomic mass is 32.2. The van der Waals surface area contributed by atoms with E-state index in [1.54, 1.807) is 6.07 Å². The topological polar surface area (TPSA) is 46.2 Å². The normalized spacial score (nSPS) is 18.8. The van der Waals surface area contributed by atoms with Gasteiger partial charge in [-0.15, -0.1) is 0 Å². The van der Waals surface area contributed by atoms with Crippen LogP contribution in [0.3, 0.4) is 0 Å². The molecule has 0 saturated heterocycles. The average Bonchev–Trinajstić information content (AvgIpc) is 2.69. The maximum atomic E-state index is 11.7. The zero-order valence-electron chi connectivity index (χ0n) is 12.0. The SMILES string of the molecule is CS(=O)(=O)c1ccc2c(c1)CCNCC2c1ccccc1. The number of nitrogens with one attached hydrogen (secondary N) is 1. The molecule has 0 amide bonds. The monoisotopic (exact) mass is 301 g/mol. The van der Waals surface area contributed by atoms with Gasteiger partial charge < -0.3 is 5.32 Å². The van der Waals surface area contributed by atoms with Gasteiger partial charge in [0, 0.05) is 18.7 Å². The Morgan fingerprint density at radius 1 is 1.10 bits per heavy atom. The Hall–Kier alpha value is -1.65. The summed E-state index contributed by atoms with van der Waals surface area (Å²) in [6.45, 7) is 1.76. The van der Waals surface area contributed by atoms with Crippen LogP contribution in [-0.4, -0.2) is 27.8 Å². The van der Waals surface area contributed by atoms with E-state index in [4.69, 9.17) is 0 Å². The van der Waals surface area contributed by atoms with Gasteiger partial charge in [0.15, 0.2) is 9.84 Å². The first kappa shape index (κ1) is 14.3. The zero-order chi connectivity index (χ0) is 14.9. The number of hydrogen-bond acceptors (Lipinski definition) is 3. The second-order valence-electron chi connectivity index (χ2n) is 5.55. The minimum atomic E-state index is -3.15. The van der Waals surface area contributed by atoms with Gasteiger partial charge in [-0.05, 0) is 41.8 Å². The molecule has 0 saturated carbocycles. The fourth-order valence-electron chi connectivity index (χ4n) is 2.93. The summed E-state index contributed by atoms with van der Waals surface area (Å²) < 4.78 is 23.5. The molecule has 0 fully saturated rings. The summed E-state index contributed by atoms with van der Waals surface area (Å²) in [6, 6.07) is 15.9. The lowest BCUT2D eigenvalue weighted by molar-refractivity contribution is 0.601. The fraction of sp³-hybridized carbons (Fsp3) is 0.294. The van der Waals surface area contributed by atoms with Crippen LogP contribution in [0.1, 0.15) is 22.6 Å². The Morgan fingerprint density at radius 3 is 2.57 bits per heavy atom. The molecule has 2 aromatic carbocycles. The van der Waals surface area contributed by atoms with Crippen molar-refractivity contribution in [1.29, 1.82) is 0 Å². The predicted molar refractivity (Wildman–Crippen MR) is 84.4 cm³/mol. The average molecular weight is 301 g/mol. The largest absolute Gasteiger partial charge is 0.315 e. The van der Waals surface area contributed by atoms with Crippen LogP contribution in [0.15, 0.2) is 53.4 Å². The molecule has 3 nitrogen and oxygen atoms in total. The lowest BCUT2D eigenvalue weighted by Crippen LogP contribution is -2.20. The van der Waals surface area contributed by atoms with Crippen molar-refractivity contribution < 1.29 is 8.42 Å². The van der Waals surface area contributed by atoms with Crippen LogP contribution in [0, 0.1) is 0 Å². The summed E-state index contributed by atoms with van der Waals surface area (Å²) in [5, 5.41) is 3.45. The van der Waals surface area contributed by atoms with E-state index in [1.165, 1.54) is 17.4 Å². The molecular weight excluding hydrogens is 282 g/mol. The highest BCUT2D eigenvalue weighted by Crippen LogP contribution is 2.30. The molecule has 110 valence electrons. The molecule has 1 unspecified atom stereocenters. The standard InChI is InChI=1S/C17H19NO2S/c1-21(19,20)15-7-8-16-14(11-15)9-10-18-12-17(16)13-5-3-2-4-6-13/h2-8,11,17-18H,9-10,12H2,1H3. The molecule has 1 aliphatic rings. The van der Waals surface area contributed by atoms with Gasteiger partial charge in [0.2, 0.25) is 0 Å². The van der Waals surface area contributed by atoms with Crippen molar-refractivity contribution in [3.63, 3.8) is 0 Å². The van der Waals surface area contributed by atoms with Crippen molar-refractivity contribution in [3.05, 3.63) is 65.2 Å². The second-order valence-corrected chi connectivity index (χ2v) is 7.57. The Morgan fingerprint density at radius 2 is 1.86 bits per heavy atom. The van der Waals surface area contributed by atoms with Crippen molar-refractivity contribution in [2.24, 2.45) is 0 Å². The maximum Gasteiger partial charge on any atom is 0.175 e. The molecule has 0 aliphatic carbocycles. The van der Waals surface area contributed by atoms with Crippen LogP contribution >= 0.6 is 0 Å². The van der Waals surface area contributed by atoms with E-state index in [2.05, 4.69) is 17.4 Å². The van der Waals surface area contributed by atoms with E-state index in [-0.39, 0.29) is 5.92 Å². The van der Waals surface area contributed by atoms with Gasteiger partial charge >= 0.3 is 0 Å². The van der Waals surface area contributed by atoms with Crippen LogP contribution in [0.25, 0.3) is 0 Å². The van der Waals surface area contributed by atoms with Crippen molar-refractivity contribution >= 4 is 9.84 Å². The van der Waals surface area contributed by atoms with Crippen LogP contribution in [-0.2, 0) is 16.3 Å². The molecule has 21 heavy (non-hydrogen) atoms. The first-order valence-corrected chi connectivity index (χ1v) is 9.03. The number of fused-ring (bicyclic) bond motifs is 1. The van der Waals surface area contributed by atoms with Crippen LogP contribution in [0.4, 0.5) is 0 Å². The van der Waals surface area contributed by atoms with E-state index < -0.39 is 9.84 Å². The van der Waals surface area contributed by atoms with Gasteiger partial charge in [0.1, 0.15) is 0 Å². The molecule has 4 heteroatoms. The maximum absolute atomic E-state index is 11.7. The van der Waals surface area contributed by atoms with Crippen molar-refractivity contribution in [2.45, 2.75) is 17.2 Å². The minimum absolute atomic E-state index is 0.275. The zero-order valence-corrected chi connectivity index (χ0v) is 12.9. The molecule has 0 radical (unpaired) electrons. The van der Waals surface area contributed by atoms with Crippen molar-refractivity contribution in [1.82, 2.24) is 5.32 Å². The van der Waals surface area contributed by atoms with Gasteiger partial charge in [0.05, 0.1) is 4.90 Å². The van der Waals surface area contributed by atoms with Crippen LogP contribution in [0.2, 0.25) is 0 Å². The Balaban J connectivity index is 2.09. The molecule has 0 bridgehead atoms. The Kier molecular flexibility index (Phi) is 3.83. The lowest BCUT2D eigenvalue weighted by atomic mass is 9.88. The van der Waals surface area contributed by atoms with Crippen molar-refractivity contribution in [2.75, 3.05) is 19.3 Å². The Bertz CT molecular complexity index is 739. The highest BCUT2D eigenvalue weighted by Gasteiger charge is 2.21. The molecule has 1 N–H and O–H groups in total.